The van der Waals surface area contributed by atoms with Gasteiger partial charge in [-0.25, -0.2) is 0 Å². The van der Waals surface area contributed by atoms with Gasteiger partial charge in [-0.15, -0.1) is 0 Å². The molecule has 0 unspecified atom stereocenters. The van der Waals surface area contributed by atoms with Gasteiger partial charge in [0.25, 0.3) is 0 Å². The molecule has 1 aliphatic heterocycles. The van der Waals surface area contributed by atoms with Crippen molar-refractivity contribution in [2.75, 3.05) is 31.6 Å². The van der Waals surface area contributed by atoms with Gasteiger partial charge in [0, 0.05) is 37.2 Å². The molecular formula is C16H25BrN2. The number of aryl methyl sites for hydroxylation is 1. The van der Waals surface area contributed by atoms with Gasteiger partial charge in [-0.1, -0.05) is 40.5 Å². The Morgan fingerprint density at radius 3 is 2.58 bits per heavy atom. The molecule has 0 saturated carbocycles. The lowest BCUT2D eigenvalue weighted by molar-refractivity contribution is 0.221. The van der Waals surface area contributed by atoms with Crippen LogP contribution in [0.5, 0.6) is 0 Å². The Kier molecular flexibility index (Phi) is 5.28. The highest BCUT2D eigenvalue weighted by molar-refractivity contribution is 9.08. The van der Waals surface area contributed by atoms with E-state index in [-0.39, 0.29) is 0 Å². The molecule has 1 aromatic rings. The van der Waals surface area contributed by atoms with Crippen molar-refractivity contribution in [2.24, 2.45) is 0 Å². The third kappa shape index (κ3) is 3.51. The van der Waals surface area contributed by atoms with Crippen molar-refractivity contribution < 1.29 is 0 Å². The maximum atomic E-state index is 3.62. The highest BCUT2D eigenvalue weighted by Crippen LogP contribution is 2.27. The summed E-state index contributed by atoms with van der Waals surface area (Å²) in [5.74, 6) is 0. The van der Waals surface area contributed by atoms with Crippen LogP contribution in [0.3, 0.4) is 0 Å². The number of benzene rings is 1. The summed E-state index contributed by atoms with van der Waals surface area (Å²) in [5, 5.41) is 0.933. The molecule has 106 valence electrons. The number of hydrogen-bond acceptors (Lipinski definition) is 2. The minimum absolute atomic E-state index is 0.684. The SMILES string of the molecule is CCN1CCC(N(C)c2ccc(C)cc2CBr)CC1. The molecule has 2 nitrogen and oxygen atoms in total. The van der Waals surface area contributed by atoms with Crippen LogP contribution in [-0.4, -0.2) is 37.6 Å². The van der Waals surface area contributed by atoms with E-state index in [1.54, 1.807) is 0 Å². The van der Waals surface area contributed by atoms with Crippen molar-refractivity contribution in [1.29, 1.82) is 0 Å². The molecule has 0 N–H and O–H groups in total. The quantitative estimate of drug-likeness (QED) is 0.777. The van der Waals surface area contributed by atoms with E-state index in [9.17, 15) is 0 Å². The molecule has 3 heteroatoms. The van der Waals surface area contributed by atoms with Gasteiger partial charge in [0.2, 0.25) is 0 Å². The first-order chi connectivity index (χ1) is 9.15. The van der Waals surface area contributed by atoms with Crippen LogP contribution in [0.1, 0.15) is 30.9 Å². The summed E-state index contributed by atoms with van der Waals surface area (Å²) in [7, 11) is 2.25. The molecule has 2 rings (SSSR count). The van der Waals surface area contributed by atoms with Gasteiger partial charge in [-0.3, -0.25) is 0 Å². The Balaban J connectivity index is 2.09. The van der Waals surface area contributed by atoms with E-state index in [2.05, 4.69) is 64.8 Å². The zero-order valence-corrected chi connectivity index (χ0v) is 13.9. The maximum absolute atomic E-state index is 3.62. The van der Waals surface area contributed by atoms with E-state index in [1.807, 2.05) is 0 Å². The summed E-state index contributed by atoms with van der Waals surface area (Å²) < 4.78 is 0. The van der Waals surface area contributed by atoms with Gasteiger partial charge < -0.3 is 9.80 Å². The van der Waals surface area contributed by atoms with Gasteiger partial charge in [0.1, 0.15) is 0 Å². The molecule has 1 saturated heterocycles. The lowest BCUT2D eigenvalue weighted by Gasteiger charge is -2.38. The van der Waals surface area contributed by atoms with Gasteiger partial charge >= 0.3 is 0 Å². The minimum atomic E-state index is 0.684. The molecule has 0 atom stereocenters. The third-order valence-electron chi connectivity index (χ3n) is 4.31. The Bertz CT molecular complexity index is 411. The van der Waals surface area contributed by atoms with Gasteiger partial charge in [0.05, 0.1) is 0 Å². The number of nitrogens with zero attached hydrogens (tertiary/aromatic N) is 2. The molecule has 0 amide bonds. The zero-order valence-electron chi connectivity index (χ0n) is 12.3. The van der Waals surface area contributed by atoms with Crippen molar-refractivity contribution in [3.05, 3.63) is 29.3 Å². The molecule has 1 aliphatic rings. The van der Waals surface area contributed by atoms with Crippen molar-refractivity contribution >= 4 is 21.6 Å². The summed E-state index contributed by atoms with van der Waals surface area (Å²) in [6, 6.07) is 7.47. The fourth-order valence-corrected chi connectivity index (χ4v) is 3.43. The van der Waals surface area contributed by atoms with Gasteiger partial charge in [0.15, 0.2) is 0 Å². The third-order valence-corrected chi connectivity index (χ3v) is 4.92. The van der Waals surface area contributed by atoms with Gasteiger partial charge in [-0.05, 0) is 37.9 Å². The largest absolute Gasteiger partial charge is 0.371 e. The number of anilines is 1. The van der Waals surface area contributed by atoms with E-state index >= 15 is 0 Å². The maximum Gasteiger partial charge on any atom is 0.0407 e. The molecule has 1 fully saturated rings. The molecular weight excluding hydrogens is 300 g/mol. The van der Waals surface area contributed by atoms with E-state index < -0.39 is 0 Å². The van der Waals surface area contributed by atoms with Crippen molar-refractivity contribution in [3.8, 4) is 0 Å². The minimum Gasteiger partial charge on any atom is -0.371 e. The first-order valence-corrected chi connectivity index (χ1v) is 8.38. The monoisotopic (exact) mass is 324 g/mol. The van der Waals surface area contributed by atoms with Crippen LogP contribution < -0.4 is 4.90 Å². The van der Waals surface area contributed by atoms with Gasteiger partial charge in [-0.2, -0.15) is 0 Å². The number of halogens is 1. The molecule has 0 aromatic heterocycles. The molecule has 1 aromatic carbocycles. The van der Waals surface area contributed by atoms with E-state index in [1.165, 1.54) is 49.3 Å². The molecule has 1 heterocycles. The van der Waals surface area contributed by atoms with Crippen molar-refractivity contribution in [2.45, 2.75) is 38.1 Å². The molecule has 0 radical (unpaired) electrons. The lowest BCUT2D eigenvalue weighted by atomic mass is 10.0. The highest BCUT2D eigenvalue weighted by atomic mass is 79.9. The average molecular weight is 325 g/mol. The zero-order chi connectivity index (χ0) is 13.8. The van der Waals surface area contributed by atoms with E-state index in [0.29, 0.717) is 6.04 Å². The topological polar surface area (TPSA) is 6.48 Å². The average Bonchev–Trinajstić information content (AvgIpc) is 2.46. The Morgan fingerprint density at radius 2 is 2.00 bits per heavy atom. The Labute approximate surface area is 125 Å². The predicted octanol–water partition coefficient (Wildman–Crippen LogP) is 3.81. The van der Waals surface area contributed by atoms with Crippen LogP contribution in [0.4, 0.5) is 5.69 Å². The first kappa shape index (κ1) is 14.9. The number of hydrogen-bond donors (Lipinski definition) is 0. The number of alkyl halides is 1. The van der Waals surface area contributed by atoms with Crippen LogP contribution in [0.2, 0.25) is 0 Å². The van der Waals surface area contributed by atoms with Crippen LogP contribution in [-0.2, 0) is 5.33 Å². The molecule has 19 heavy (non-hydrogen) atoms. The second kappa shape index (κ2) is 6.76. The highest BCUT2D eigenvalue weighted by Gasteiger charge is 2.22. The van der Waals surface area contributed by atoms with Crippen LogP contribution in [0, 0.1) is 6.92 Å². The second-order valence-corrected chi connectivity index (χ2v) is 6.10. The smallest absolute Gasteiger partial charge is 0.0407 e. The van der Waals surface area contributed by atoms with Crippen LogP contribution in [0.25, 0.3) is 0 Å². The summed E-state index contributed by atoms with van der Waals surface area (Å²) in [6.45, 7) is 8.08. The van der Waals surface area contributed by atoms with Crippen molar-refractivity contribution in [3.63, 3.8) is 0 Å². The summed E-state index contributed by atoms with van der Waals surface area (Å²) >= 11 is 3.62. The molecule has 0 bridgehead atoms. The molecule has 0 aliphatic carbocycles. The number of piperidine rings is 1. The number of likely N-dealkylation sites (tertiary alicyclic amines) is 1. The van der Waals surface area contributed by atoms with Crippen LogP contribution in [0.15, 0.2) is 18.2 Å². The summed E-state index contributed by atoms with van der Waals surface area (Å²) in [6.07, 6.45) is 2.56. The normalized spacial score (nSPS) is 17.7. The Morgan fingerprint density at radius 1 is 1.32 bits per heavy atom. The van der Waals surface area contributed by atoms with Crippen LogP contribution >= 0.6 is 15.9 Å². The lowest BCUT2D eigenvalue weighted by Crippen LogP contribution is -2.43. The Hall–Kier alpha value is -0.540. The second-order valence-electron chi connectivity index (χ2n) is 5.54. The standard InChI is InChI=1S/C16H25BrN2/c1-4-19-9-7-15(8-10-19)18(3)16-6-5-13(2)11-14(16)12-17/h5-6,11,15H,4,7-10,12H2,1-3H3. The van der Waals surface area contributed by atoms with E-state index in [0.717, 1.165) is 5.33 Å². The fraction of sp³-hybridized carbons (Fsp3) is 0.625. The summed E-state index contributed by atoms with van der Waals surface area (Å²) in [5.41, 5.74) is 4.13. The number of rotatable bonds is 4. The first-order valence-electron chi connectivity index (χ1n) is 7.26. The van der Waals surface area contributed by atoms with E-state index in [4.69, 9.17) is 0 Å². The summed E-state index contributed by atoms with van der Waals surface area (Å²) in [4.78, 5) is 5.04. The molecule has 0 spiro atoms. The van der Waals surface area contributed by atoms with Crippen molar-refractivity contribution in [1.82, 2.24) is 4.90 Å². The predicted molar refractivity (Wildman–Crippen MR) is 87.3 cm³/mol. The fourth-order valence-electron chi connectivity index (χ4n) is 2.98.